The van der Waals surface area contributed by atoms with Crippen LogP contribution < -0.4 is 5.32 Å². The average Bonchev–Trinajstić information content (AvgIpc) is 2.39. The van der Waals surface area contributed by atoms with Crippen molar-refractivity contribution in [3.8, 4) is 0 Å². The van der Waals surface area contributed by atoms with Crippen LogP contribution in [0.5, 0.6) is 0 Å². The number of pyridine rings is 1. The average molecular weight is 305 g/mol. The standard InChI is InChI=1S/C14H13BrN2O/c1-10-6-12(9-16-8-10)14(18)17-13-4-2-11(7-15)3-5-13/h2-6,8-9H,7H2,1H3,(H,17,18). The Kier molecular flexibility index (Phi) is 4.10. The smallest absolute Gasteiger partial charge is 0.257 e. The number of carbonyl (C=O) groups excluding carboxylic acids is 1. The highest BCUT2D eigenvalue weighted by atomic mass is 79.9. The third-order valence-corrected chi connectivity index (χ3v) is 3.15. The zero-order chi connectivity index (χ0) is 13.0. The molecule has 18 heavy (non-hydrogen) atoms. The molecule has 1 aromatic heterocycles. The molecule has 0 saturated carbocycles. The molecule has 0 spiro atoms. The zero-order valence-electron chi connectivity index (χ0n) is 9.98. The van der Waals surface area contributed by atoms with E-state index in [0.29, 0.717) is 5.56 Å². The van der Waals surface area contributed by atoms with E-state index in [2.05, 4.69) is 26.2 Å². The highest BCUT2D eigenvalue weighted by molar-refractivity contribution is 9.08. The molecule has 0 saturated heterocycles. The SMILES string of the molecule is Cc1cncc(C(=O)Nc2ccc(CBr)cc2)c1. The Morgan fingerprint density at radius 3 is 2.61 bits per heavy atom. The number of aromatic nitrogens is 1. The molecule has 0 unspecified atom stereocenters. The van der Waals surface area contributed by atoms with Crippen molar-refractivity contribution in [1.29, 1.82) is 0 Å². The molecule has 1 aromatic carbocycles. The lowest BCUT2D eigenvalue weighted by Gasteiger charge is -2.06. The van der Waals surface area contributed by atoms with Crippen molar-refractivity contribution in [2.45, 2.75) is 12.3 Å². The van der Waals surface area contributed by atoms with E-state index >= 15 is 0 Å². The van der Waals surface area contributed by atoms with Gasteiger partial charge in [-0.15, -0.1) is 0 Å². The largest absolute Gasteiger partial charge is 0.322 e. The van der Waals surface area contributed by atoms with Crippen LogP contribution in [0.4, 0.5) is 5.69 Å². The van der Waals surface area contributed by atoms with Crippen molar-refractivity contribution in [3.63, 3.8) is 0 Å². The van der Waals surface area contributed by atoms with Crippen molar-refractivity contribution in [2.24, 2.45) is 0 Å². The molecular weight excluding hydrogens is 292 g/mol. The molecule has 0 aliphatic heterocycles. The van der Waals surface area contributed by atoms with E-state index in [0.717, 1.165) is 16.6 Å². The maximum atomic E-state index is 12.0. The summed E-state index contributed by atoms with van der Waals surface area (Å²) in [7, 11) is 0. The van der Waals surface area contributed by atoms with E-state index in [1.807, 2.05) is 37.3 Å². The van der Waals surface area contributed by atoms with Gasteiger partial charge in [0, 0.05) is 23.4 Å². The number of halogens is 1. The molecular formula is C14H13BrN2O. The topological polar surface area (TPSA) is 42.0 Å². The van der Waals surface area contributed by atoms with Crippen LogP contribution in [0.15, 0.2) is 42.7 Å². The van der Waals surface area contributed by atoms with Gasteiger partial charge in [0.05, 0.1) is 5.56 Å². The number of hydrogen-bond acceptors (Lipinski definition) is 2. The minimum absolute atomic E-state index is 0.141. The predicted molar refractivity (Wildman–Crippen MR) is 76.0 cm³/mol. The maximum absolute atomic E-state index is 12.0. The number of nitrogens with zero attached hydrogens (tertiary/aromatic N) is 1. The van der Waals surface area contributed by atoms with Crippen LogP contribution in [0.1, 0.15) is 21.5 Å². The van der Waals surface area contributed by atoms with Crippen LogP contribution in [-0.2, 0) is 5.33 Å². The number of aryl methyl sites for hydroxylation is 1. The van der Waals surface area contributed by atoms with Crippen molar-refractivity contribution in [2.75, 3.05) is 5.32 Å². The van der Waals surface area contributed by atoms with Crippen LogP contribution in [0.2, 0.25) is 0 Å². The van der Waals surface area contributed by atoms with Crippen LogP contribution >= 0.6 is 15.9 Å². The first-order chi connectivity index (χ1) is 8.69. The molecule has 3 nitrogen and oxygen atoms in total. The van der Waals surface area contributed by atoms with Gasteiger partial charge in [0.2, 0.25) is 0 Å². The summed E-state index contributed by atoms with van der Waals surface area (Å²) in [5, 5.41) is 3.65. The van der Waals surface area contributed by atoms with Gasteiger partial charge in [-0.25, -0.2) is 0 Å². The van der Waals surface area contributed by atoms with Crippen molar-refractivity contribution >= 4 is 27.5 Å². The molecule has 0 aliphatic carbocycles. The molecule has 0 atom stereocenters. The second kappa shape index (κ2) is 5.78. The minimum Gasteiger partial charge on any atom is -0.322 e. The molecule has 2 aromatic rings. The second-order valence-corrected chi connectivity index (χ2v) is 4.60. The molecule has 92 valence electrons. The Morgan fingerprint density at radius 1 is 1.28 bits per heavy atom. The molecule has 4 heteroatoms. The van der Waals surface area contributed by atoms with Crippen molar-refractivity contribution in [3.05, 3.63) is 59.4 Å². The monoisotopic (exact) mass is 304 g/mol. The Balaban J connectivity index is 2.11. The van der Waals surface area contributed by atoms with Gasteiger partial charge in [-0.2, -0.15) is 0 Å². The van der Waals surface area contributed by atoms with Gasteiger partial charge < -0.3 is 5.32 Å². The number of amides is 1. The van der Waals surface area contributed by atoms with Crippen LogP contribution in [-0.4, -0.2) is 10.9 Å². The molecule has 0 bridgehead atoms. The number of benzene rings is 1. The highest BCUT2D eigenvalue weighted by Crippen LogP contribution is 2.13. The minimum atomic E-state index is -0.141. The first kappa shape index (κ1) is 12.8. The molecule has 1 amide bonds. The van der Waals surface area contributed by atoms with Gasteiger partial charge in [0.25, 0.3) is 5.91 Å². The van der Waals surface area contributed by atoms with E-state index < -0.39 is 0 Å². The van der Waals surface area contributed by atoms with E-state index in [4.69, 9.17) is 0 Å². The number of rotatable bonds is 3. The van der Waals surface area contributed by atoms with Gasteiger partial charge in [-0.1, -0.05) is 28.1 Å². The molecule has 1 heterocycles. The van der Waals surface area contributed by atoms with Crippen LogP contribution in [0.25, 0.3) is 0 Å². The summed E-state index contributed by atoms with van der Waals surface area (Å²) >= 11 is 3.38. The van der Waals surface area contributed by atoms with Gasteiger partial charge in [0.15, 0.2) is 0 Å². The Morgan fingerprint density at radius 2 is 2.00 bits per heavy atom. The molecule has 0 fully saturated rings. The zero-order valence-corrected chi connectivity index (χ0v) is 11.6. The van der Waals surface area contributed by atoms with Gasteiger partial charge in [0.1, 0.15) is 0 Å². The van der Waals surface area contributed by atoms with E-state index in [1.54, 1.807) is 12.4 Å². The van der Waals surface area contributed by atoms with Crippen molar-refractivity contribution < 1.29 is 4.79 Å². The lowest BCUT2D eigenvalue weighted by atomic mass is 10.2. The summed E-state index contributed by atoms with van der Waals surface area (Å²) in [4.78, 5) is 16.0. The lowest BCUT2D eigenvalue weighted by molar-refractivity contribution is 0.102. The van der Waals surface area contributed by atoms with Gasteiger partial charge in [-0.05, 0) is 36.2 Å². The molecule has 0 aliphatic rings. The maximum Gasteiger partial charge on any atom is 0.257 e. The van der Waals surface area contributed by atoms with E-state index in [-0.39, 0.29) is 5.91 Å². The normalized spacial score (nSPS) is 10.1. The number of alkyl halides is 1. The lowest BCUT2D eigenvalue weighted by Crippen LogP contribution is -2.12. The molecule has 2 rings (SSSR count). The number of anilines is 1. The fourth-order valence-electron chi connectivity index (χ4n) is 1.56. The number of nitrogens with one attached hydrogen (secondary N) is 1. The highest BCUT2D eigenvalue weighted by Gasteiger charge is 2.06. The Hall–Kier alpha value is -1.68. The summed E-state index contributed by atoms with van der Waals surface area (Å²) in [5.41, 5.74) is 3.49. The quantitative estimate of drug-likeness (QED) is 0.881. The van der Waals surface area contributed by atoms with Gasteiger partial charge >= 0.3 is 0 Å². The van der Waals surface area contributed by atoms with Crippen LogP contribution in [0.3, 0.4) is 0 Å². The Labute approximate surface area is 114 Å². The Bertz CT molecular complexity index is 552. The molecule has 1 N–H and O–H groups in total. The second-order valence-electron chi connectivity index (χ2n) is 4.04. The van der Waals surface area contributed by atoms with Gasteiger partial charge in [-0.3, -0.25) is 9.78 Å². The van der Waals surface area contributed by atoms with Crippen molar-refractivity contribution in [1.82, 2.24) is 4.98 Å². The number of hydrogen-bond donors (Lipinski definition) is 1. The summed E-state index contributed by atoms with van der Waals surface area (Å²) in [6.45, 7) is 1.91. The fourth-order valence-corrected chi connectivity index (χ4v) is 1.93. The third-order valence-electron chi connectivity index (χ3n) is 2.50. The van der Waals surface area contributed by atoms with E-state index in [1.165, 1.54) is 5.56 Å². The fraction of sp³-hybridized carbons (Fsp3) is 0.143. The van der Waals surface area contributed by atoms with E-state index in [9.17, 15) is 4.79 Å². The summed E-state index contributed by atoms with van der Waals surface area (Å²) in [5.74, 6) is -0.141. The molecule has 0 radical (unpaired) electrons. The number of carbonyl (C=O) groups is 1. The predicted octanol–water partition coefficient (Wildman–Crippen LogP) is 3.54. The summed E-state index contributed by atoms with van der Waals surface area (Å²) < 4.78 is 0. The summed E-state index contributed by atoms with van der Waals surface area (Å²) in [6, 6.07) is 9.53. The van der Waals surface area contributed by atoms with Crippen LogP contribution in [0, 0.1) is 6.92 Å². The summed E-state index contributed by atoms with van der Waals surface area (Å²) in [6.07, 6.45) is 3.29. The first-order valence-corrected chi connectivity index (χ1v) is 6.69. The third kappa shape index (κ3) is 3.17. The first-order valence-electron chi connectivity index (χ1n) is 5.57.